The molecule has 1 unspecified atom stereocenters. The molecule has 0 rings (SSSR count). The van der Waals surface area contributed by atoms with Crippen molar-refractivity contribution in [3.05, 3.63) is 0 Å². The summed E-state index contributed by atoms with van der Waals surface area (Å²) in [5.74, 6) is 22.7. The lowest BCUT2D eigenvalue weighted by Crippen LogP contribution is -2.16. The number of rotatable bonds is 18. The number of esters is 1. The number of aliphatic hydroxyl groups excluding tert-OH is 1. The Morgan fingerprint density at radius 1 is 0.647 bits per heavy atom. The van der Waals surface area contributed by atoms with E-state index < -0.39 is 6.29 Å². The Kier molecular flexibility index (Phi) is 25.1. The van der Waals surface area contributed by atoms with Gasteiger partial charge in [-0.2, -0.15) is 0 Å². The van der Waals surface area contributed by atoms with Gasteiger partial charge in [0, 0.05) is 25.7 Å². The molecule has 0 aromatic rings. The van der Waals surface area contributed by atoms with E-state index in [0.717, 1.165) is 57.8 Å². The van der Waals surface area contributed by atoms with Crippen LogP contribution in [0.15, 0.2) is 0 Å². The molecule has 0 spiro atoms. The Hall–Kier alpha value is -2.33. The van der Waals surface area contributed by atoms with E-state index in [4.69, 9.17) is 4.74 Å². The van der Waals surface area contributed by atoms with Crippen LogP contribution in [-0.4, -0.2) is 17.4 Å². The molecule has 1 atom stereocenters. The summed E-state index contributed by atoms with van der Waals surface area (Å²) in [6, 6.07) is 0. The highest BCUT2D eigenvalue weighted by molar-refractivity contribution is 5.69. The molecule has 0 fully saturated rings. The first kappa shape index (κ1) is 31.7. The van der Waals surface area contributed by atoms with Gasteiger partial charge in [-0.3, -0.25) is 4.79 Å². The van der Waals surface area contributed by atoms with Crippen LogP contribution >= 0.6 is 0 Å². The van der Waals surface area contributed by atoms with Gasteiger partial charge in [-0.15, -0.1) is 0 Å². The third kappa shape index (κ3) is 25.9. The lowest BCUT2D eigenvalue weighted by atomic mass is 10.1. The summed E-state index contributed by atoms with van der Waals surface area (Å²) in [6.07, 6.45) is 18.8. The molecule has 3 nitrogen and oxygen atoms in total. The molecular weight excluding hydrogens is 420 g/mol. The second-order valence-corrected chi connectivity index (χ2v) is 8.56. The maximum Gasteiger partial charge on any atom is 0.308 e. The maximum atomic E-state index is 11.7. The molecule has 188 valence electrons. The summed E-state index contributed by atoms with van der Waals surface area (Å²) in [5.41, 5.74) is 0. The van der Waals surface area contributed by atoms with Gasteiger partial charge in [-0.25, -0.2) is 0 Å². The third-order valence-electron chi connectivity index (χ3n) is 5.29. The number of carbonyl (C=O) groups is 1. The van der Waals surface area contributed by atoms with Crippen molar-refractivity contribution < 1.29 is 14.6 Å². The highest BCUT2D eigenvalue weighted by Crippen LogP contribution is 2.10. The maximum absolute atomic E-state index is 11.7. The van der Waals surface area contributed by atoms with Crippen molar-refractivity contribution >= 4 is 5.97 Å². The van der Waals surface area contributed by atoms with Crippen LogP contribution in [0.25, 0.3) is 0 Å². The van der Waals surface area contributed by atoms with Crippen LogP contribution in [0.5, 0.6) is 0 Å². The van der Waals surface area contributed by atoms with E-state index in [1.54, 1.807) is 0 Å². The molecule has 0 aliphatic rings. The minimum atomic E-state index is -1.17. The topological polar surface area (TPSA) is 46.5 Å². The van der Waals surface area contributed by atoms with Crippen molar-refractivity contribution in [1.82, 2.24) is 0 Å². The van der Waals surface area contributed by atoms with E-state index in [9.17, 15) is 9.90 Å². The molecule has 0 aliphatic carbocycles. The number of unbranched alkanes of at least 4 members (excludes halogenated alkanes) is 14. The fraction of sp³-hybridized carbons (Fsp3) is 0.710. The van der Waals surface area contributed by atoms with Crippen LogP contribution in [0.2, 0.25) is 0 Å². The summed E-state index contributed by atoms with van der Waals surface area (Å²) < 4.78 is 4.94. The molecule has 0 bridgehead atoms. The molecule has 0 amide bonds. The molecular formula is C31H46O3. The molecule has 3 heteroatoms. The lowest BCUT2D eigenvalue weighted by Gasteiger charge is -2.08. The second-order valence-electron chi connectivity index (χ2n) is 8.56. The van der Waals surface area contributed by atoms with Crippen LogP contribution in [-0.2, 0) is 9.53 Å². The number of aliphatic hydroxyl groups is 1. The summed E-state index contributed by atoms with van der Waals surface area (Å²) in [7, 11) is 0. The Balaban J connectivity index is 3.48. The van der Waals surface area contributed by atoms with Gasteiger partial charge >= 0.3 is 5.97 Å². The number of ether oxygens (including phenoxy) is 1. The van der Waals surface area contributed by atoms with Crippen LogP contribution in [0.1, 0.15) is 136 Å². The van der Waals surface area contributed by atoms with Gasteiger partial charge in [-0.05, 0) is 42.9 Å². The lowest BCUT2D eigenvalue weighted by molar-refractivity contribution is -0.166. The Labute approximate surface area is 210 Å². The second kappa shape index (κ2) is 26.9. The molecule has 0 aromatic heterocycles. The Morgan fingerprint density at radius 2 is 1.12 bits per heavy atom. The molecule has 0 radical (unpaired) electrons. The number of hydrogen-bond acceptors (Lipinski definition) is 3. The van der Waals surface area contributed by atoms with Gasteiger partial charge in [0.05, 0.1) is 6.42 Å². The molecule has 0 heterocycles. The SMILES string of the molecule is CCC#CC#CCC(O)OC(=O)CCCCCCCCC#CC#CCCCCCCCCCC. The van der Waals surface area contributed by atoms with E-state index in [-0.39, 0.29) is 12.4 Å². The zero-order valence-electron chi connectivity index (χ0n) is 21.8. The van der Waals surface area contributed by atoms with Crippen molar-refractivity contribution in [3.63, 3.8) is 0 Å². The van der Waals surface area contributed by atoms with Crippen LogP contribution < -0.4 is 0 Å². The van der Waals surface area contributed by atoms with Gasteiger partial charge in [0.1, 0.15) is 0 Å². The number of hydrogen-bond donors (Lipinski definition) is 1. The first-order chi connectivity index (χ1) is 16.7. The molecule has 0 aliphatic heterocycles. The van der Waals surface area contributed by atoms with E-state index in [1.807, 2.05) is 6.92 Å². The minimum Gasteiger partial charge on any atom is -0.435 e. The normalized spacial score (nSPS) is 10.3. The molecule has 0 saturated carbocycles. The van der Waals surface area contributed by atoms with Crippen molar-refractivity contribution in [2.75, 3.05) is 0 Å². The zero-order valence-corrected chi connectivity index (χ0v) is 21.8. The van der Waals surface area contributed by atoms with E-state index >= 15 is 0 Å². The van der Waals surface area contributed by atoms with Crippen LogP contribution in [0, 0.1) is 47.4 Å². The summed E-state index contributed by atoms with van der Waals surface area (Å²) in [5, 5.41) is 9.63. The van der Waals surface area contributed by atoms with Gasteiger partial charge in [0.25, 0.3) is 0 Å². The third-order valence-corrected chi connectivity index (χ3v) is 5.29. The summed E-state index contributed by atoms with van der Waals surface area (Å²) in [4.78, 5) is 11.7. The standard InChI is InChI=1S/C31H46O3/c1-3-5-7-9-10-11-12-13-14-15-16-17-18-19-20-21-22-23-25-27-29-31(33)34-30(32)28-26-24-8-6-4-2/h30,32H,3-5,7,9-14,19-23,25,27-29H2,1-2H3. The smallest absolute Gasteiger partial charge is 0.308 e. The van der Waals surface area contributed by atoms with Crippen LogP contribution in [0.4, 0.5) is 0 Å². The highest BCUT2D eigenvalue weighted by atomic mass is 16.6. The van der Waals surface area contributed by atoms with Gasteiger partial charge in [0.2, 0.25) is 6.29 Å². The van der Waals surface area contributed by atoms with Crippen molar-refractivity contribution in [2.45, 2.75) is 142 Å². The van der Waals surface area contributed by atoms with Gasteiger partial charge < -0.3 is 9.84 Å². The van der Waals surface area contributed by atoms with Crippen molar-refractivity contribution in [3.8, 4) is 47.4 Å². The largest absolute Gasteiger partial charge is 0.435 e. The fourth-order valence-corrected chi connectivity index (χ4v) is 3.32. The van der Waals surface area contributed by atoms with Crippen LogP contribution in [0.3, 0.4) is 0 Å². The van der Waals surface area contributed by atoms with Crippen molar-refractivity contribution in [2.24, 2.45) is 0 Å². The van der Waals surface area contributed by atoms with Gasteiger partial charge in [-0.1, -0.05) is 108 Å². The molecule has 1 N–H and O–H groups in total. The van der Waals surface area contributed by atoms with E-state index in [0.29, 0.717) is 6.42 Å². The molecule has 0 saturated heterocycles. The molecule has 0 aromatic carbocycles. The van der Waals surface area contributed by atoms with E-state index in [2.05, 4.69) is 54.3 Å². The quantitative estimate of drug-likeness (QED) is 0.0996. The predicted octanol–water partition coefficient (Wildman–Crippen LogP) is 7.31. The zero-order chi connectivity index (χ0) is 25.0. The predicted molar refractivity (Wildman–Crippen MR) is 142 cm³/mol. The summed E-state index contributed by atoms with van der Waals surface area (Å²) >= 11 is 0. The Morgan fingerprint density at radius 3 is 1.68 bits per heavy atom. The fourth-order valence-electron chi connectivity index (χ4n) is 3.32. The number of carbonyl (C=O) groups excluding carboxylic acids is 1. The monoisotopic (exact) mass is 466 g/mol. The molecule has 34 heavy (non-hydrogen) atoms. The summed E-state index contributed by atoms with van der Waals surface area (Å²) in [6.45, 7) is 4.20. The average Bonchev–Trinajstić information content (AvgIpc) is 2.82. The van der Waals surface area contributed by atoms with Gasteiger partial charge in [0.15, 0.2) is 0 Å². The minimum absolute atomic E-state index is 0.0951. The van der Waals surface area contributed by atoms with E-state index in [1.165, 1.54) is 51.4 Å². The highest BCUT2D eigenvalue weighted by Gasteiger charge is 2.09. The first-order valence-electron chi connectivity index (χ1n) is 13.5. The van der Waals surface area contributed by atoms with Crippen molar-refractivity contribution in [1.29, 1.82) is 0 Å². The average molecular weight is 467 g/mol. The Bertz CT molecular complexity index is 736. The first-order valence-corrected chi connectivity index (χ1v) is 13.5.